The minimum atomic E-state index is 1.20. The predicted octanol–water partition coefficient (Wildman–Crippen LogP) is 1.92. The van der Waals surface area contributed by atoms with Crippen molar-refractivity contribution < 1.29 is 0 Å². The standard InChI is InChI=1S/C6H9/c1-6-4-2-3-5-6/h2-4H2,1H3/q-1. The van der Waals surface area contributed by atoms with E-state index in [-0.39, 0.29) is 0 Å². The molecule has 0 heterocycles. The molecule has 1 aliphatic rings. The highest BCUT2D eigenvalue weighted by Gasteiger charge is 1.82. The summed E-state index contributed by atoms with van der Waals surface area (Å²) in [5.41, 5.74) is 1.45. The third-order valence-corrected chi connectivity index (χ3v) is 1.16. The second-order valence-corrected chi connectivity index (χ2v) is 1.81. The van der Waals surface area contributed by atoms with Crippen molar-refractivity contribution in [1.29, 1.82) is 0 Å². The topological polar surface area (TPSA) is 0 Å². The van der Waals surface area contributed by atoms with E-state index in [2.05, 4.69) is 13.0 Å². The van der Waals surface area contributed by atoms with Gasteiger partial charge in [0.15, 0.2) is 0 Å². The van der Waals surface area contributed by atoms with Gasteiger partial charge in [0.05, 0.1) is 0 Å². The molecule has 0 aromatic heterocycles. The molecule has 0 amide bonds. The Hall–Kier alpha value is -0.260. The van der Waals surface area contributed by atoms with E-state index in [4.69, 9.17) is 0 Å². The van der Waals surface area contributed by atoms with Crippen LogP contribution in [0.4, 0.5) is 0 Å². The van der Waals surface area contributed by atoms with Crippen molar-refractivity contribution in [2.45, 2.75) is 26.2 Å². The SMILES string of the molecule is CC1=[C-]CCC1. The molecule has 0 nitrogen and oxygen atoms in total. The highest BCUT2D eigenvalue weighted by Crippen LogP contribution is 2.14. The monoisotopic (exact) mass is 81.1 g/mol. The van der Waals surface area contributed by atoms with Gasteiger partial charge in [-0.1, -0.05) is 19.8 Å². The number of hydrogen-bond acceptors (Lipinski definition) is 0. The molecular weight excluding hydrogens is 72.1 g/mol. The van der Waals surface area contributed by atoms with E-state index >= 15 is 0 Å². The van der Waals surface area contributed by atoms with Crippen molar-refractivity contribution in [3.63, 3.8) is 0 Å². The maximum absolute atomic E-state index is 3.24. The van der Waals surface area contributed by atoms with Gasteiger partial charge in [-0.3, -0.25) is 5.57 Å². The van der Waals surface area contributed by atoms with Crippen molar-refractivity contribution in [2.75, 3.05) is 0 Å². The molecule has 1 rings (SSSR count). The normalized spacial score (nSPS) is 21.2. The largest absolute Gasteiger partial charge is 0.497 e. The summed E-state index contributed by atoms with van der Waals surface area (Å²) < 4.78 is 0. The highest BCUT2D eigenvalue weighted by molar-refractivity contribution is 4.97. The maximum atomic E-state index is 3.24. The van der Waals surface area contributed by atoms with E-state index in [1.807, 2.05) is 0 Å². The zero-order chi connectivity index (χ0) is 4.41. The van der Waals surface area contributed by atoms with Crippen LogP contribution in [0.5, 0.6) is 0 Å². The Morgan fingerprint density at radius 2 is 2.50 bits per heavy atom. The molecule has 1 aliphatic carbocycles. The number of allylic oxidation sites excluding steroid dienone is 2. The third kappa shape index (κ3) is 0.618. The zero-order valence-corrected chi connectivity index (χ0v) is 4.12. The van der Waals surface area contributed by atoms with Crippen LogP contribution < -0.4 is 0 Å². The van der Waals surface area contributed by atoms with E-state index in [1.165, 1.54) is 24.8 Å². The van der Waals surface area contributed by atoms with E-state index < -0.39 is 0 Å². The molecule has 0 unspecified atom stereocenters. The van der Waals surface area contributed by atoms with Crippen LogP contribution in [0.15, 0.2) is 5.57 Å². The predicted molar refractivity (Wildman–Crippen MR) is 26.3 cm³/mol. The lowest BCUT2D eigenvalue weighted by atomic mass is 10.3. The first-order valence-corrected chi connectivity index (χ1v) is 2.46. The summed E-state index contributed by atoms with van der Waals surface area (Å²) in [6.45, 7) is 2.15. The van der Waals surface area contributed by atoms with Gasteiger partial charge in [0.2, 0.25) is 0 Å². The molecule has 34 valence electrons. The molecule has 0 spiro atoms. The first kappa shape index (κ1) is 3.91. The minimum Gasteiger partial charge on any atom is -0.497 e. The van der Waals surface area contributed by atoms with Crippen LogP contribution in [-0.2, 0) is 0 Å². The second kappa shape index (κ2) is 1.46. The Morgan fingerprint density at radius 1 is 1.67 bits per heavy atom. The van der Waals surface area contributed by atoms with Crippen LogP contribution in [-0.4, -0.2) is 0 Å². The van der Waals surface area contributed by atoms with Crippen molar-refractivity contribution in [1.82, 2.24) is 0 Å². The summed E-state index contributed by atoms with van der Waals surface area (Å²) >= 11 is 0. The molecule has 0 radical (unpaired) electrons. The van der Waals surface area contributed by atoms with Gasteiger partial charge in [-0.25, -0.2) is 0 Å². The van der Waals surface area contributed by atoms with Crippen LogP contribution >= 0.6 is 0 Å². The average molecular weight is 81.1 g/mol. The maximum Gasteiger partial charge on any atom is -0.0668 e. The van der Waals surface area contributed by atoms with Crippen molar-refractivity contribution >= 4 is 0 Å². The summed E-state index contributed by atoms with van der Waals surface area (Å²) in [6.07, 6.45) is 7.07. The van der Waals surface area contributed by atoms with Crippen LogP contribution in [0.25, 0.3) is 0 Å². The molecular formula is C6H9-. The van der Waals surface area contributed by atoms with Crippen LogP contribution in [0.2, 0.25) is 0 Å². The smallest absolute Gasteiger partial charge is 0.0668 e. The molecule has 0 aliphatic heterocycles. The van der Waals surface area contributed by atoms with E-state index in [1.54, 1.807) is 0 Å². The second-order valence-electron chi connectivity index (χ2n) is 1.81. The average Bonchev–Trinajstić information content (AvgIpc) is 1.86. The Morgan fingerprint density at radius 3 is 2.67 bits per heavy atom. The number of rotatable bonds is 0. The minimum absolute atomic E-state index is 1.20. The summed E-state index contributed by atoms with van der Waals surface area (Å²) in [6, 6.07) is 0. The molecule has 0 saturated heterocycles. The molecule has 0 aromatic rings. The fourth-order valence-corrected chi connectivity index (χ4v) is 0.744. The van der Waals surface area contributed by atoms with Crippen molar-refractivity contribution in [2.24, 2.45) is 0 Å². The number of hydrogen-bond donors (Lipinski definition) is 0. The molecule has 0 fully saturated rings. The van der Waals surface area contributed by atoms with Gasteiger partial charge in [0.1, 0.15) is 0 Å². The van der Waals surface area contributed by atoms with Gasteiger partial charge < -0.3 is 6.08 Å². The summed E-state index contributed by atoms with van der Waals surface area (Å²) in [5, 5.41) is 0. The zero-order valence-electron chi connectivity index (χ0n) is 4.12. The van der Waals surface area contributed by atoms with E-state index in [0.717, 1.165) is 0 Å². The van der Waals surface area contributed by atoms with Crippen LogP contribution in [0.3, 0.4) is 0 Å². The molecule has 0 saturated carbocycles. The summed E-state index contributed by atoms with van der Waals surface area (Å²) in [4.78, 5) is 0. The van der Waals surface area contributed by atoms with Gasteiger partial charge in [0, 0.05) is 0 Å². The molecule has 0 aromatic carbocycles. The van der Waals surface area contributed by atoms with E-state index in [0.29, 0.717) is 0 Å². The highest BCUT2D eigenvalue weighted by atomic mass is 14.0. The van der Waals surface area contributed by atoms with Crippen LogP contribution in [0.1, 0.15) is 26.2 Å². The fraction of sp³-hybridized carbons (Fsp3) is 0.667. The Labute approximate surface area is 38.9 Å². The lowest BCUT2D eigenvalue weighted by Gasteiger charge is -1.93. The van der Waals surface area contributed by atoms with Crippen molar-refractivity contribution in [3.05, 3.63) is 11.6 Å². The lowest BCUT2D eigenvalue weighted by molar-refractivity contribution is 0.902. The van der Waals surface area contributed by atoms with Crippen molar-refractivity contribution in [3.8, 4) is 0 Å². The van der Waals surface area contributed by atoms with Gasteiger partial charge in [-0.15, -0.1) is 0 Å². The van der Waals surface area contributed by atoms with Crippen LogP contribution in [0, 0.1) is 6.08 Å². The Bertz CT molecular complexity index is 70.1. The molecule has 0 atom stereocenters. The quantitative estimate of drug-likeness (QED) is 0.391. The van der Waals surface area contributed by atoms with Gasteiger partial charge in [-0.05, 0) is 0 Å². The Kier molecular flexibility index (Phi) is 0.952. The molecule has 0 bridgehead atoms. The molecule has 6 heavy (non-hydrogen) atoms. The molecule has 0 heteroatoms. The van der Waals surface area contributed by atoms with Gasteiger partial charge in [-0.2, -0.15) is 6.42 Å². The lowest BCUT2D eigenvalue weighted by Crippen LogP contribution is -1.59. The first-order valence-electron chi connectivity index (χ1n) is 2.46. The fourth-order valence-electron chi connectivity index (χ4n) is 0.744. The third-order valence-electron chi connectivity index (χ3n) is 1.16. The Balaban J connectivity index is 2.45. The van der Waals surface area contributed by atoms with Gasteiger partial charge in [0.25, 0.3) is 0 Å². The first-order chi connectivity index (χ1) is 2.89. The summed E-state index contributed by atoms with van der Waals surface area (Å²) in [5.74, 6) is 0. The molecule has 0 N–H and O–H groups in total. The van der Waals surface area contributed by atoms with Gasteiger partial charge >= 0.3 is 0 Å². The summed E-state index contributed by atoms with van der Waals surface area (Å²) in [7, 11) is 0. The van der Waals surface area contributed by atoms with E-state index in [9.17, 15) is 0 Å².